The molecule has 1 saturated heterocycles. The Morgan fingerprint density at radius 2 is 1.50 bits per heavy atom. The zero-order valence-corrected chi connectivity index (χ0v) is 11.2. The van der Waals surface area contributed by atoms with Gasteiger partial charge in [-0.1, -0.05) is 6.07 Å². The summed E-state index contributed by atoms with van der Waals surface area (Å²) in [4.78, 5) is 0.210. The molecule has 1 heterocycles. The molecule has 0 radical (unpaired) electrons. The molecule has 1 fully saturated rings. The number of aryl methyl sites for hydroxylation is 2. The third-order valence-electron chi connectivity index (χ3n) is 3.06. The Kier molecular flexibility index (Phi) is 3.46. The van der Waals surface area contributed by atoms with Crippen molar-refractivity contribution < 1.29 is 18.6 Å². The van der Waals surface area contributed by atoms with Crippen molar-refractivity contribution in [2.24, 2.45) is 0 Å². The van der Waals surface area contributed by atoms with Crippen molar-refractivity contribution in [3.8, 4) is 0 Å². The molecular weight excluding hydrogens is 254 g/mol. The number of sulfonamides is 1. The molecule has 1 aromatic carbocycles. The number of aliphatic hydroxyl groups is 2. The largest absolute Gasteiger partial charge is 0.389 e. The third-order valence-corrected chi connectivity index (χ3v) is 4.87. The zero-order chi connectivity index (χ0) is 13.5. The van der Waals surface area contributed by atoms with Crippen LogP contribution in [0.3, 0.4) is 0 Å². The molecule has 2 unspecified atom stereocenters. The number of hydrogen-bond donors (Lipinski definition) is 2. The maximum Gasteiger partial charge on any atom is 0.243 e. The Morgan fingerprint density at radius 1 is 1.06 bits per heavy atom. The summed E-state index contributed by atoms with van der Waals surface area (Å²) in [6.45, 7) is 3.55. The first kappa shape index (κ1) is 13.5. The highest BCUT2D eigenvalue weighted by atomic mass is 32.2. The van der Waals surface area contributed by atoms with Crippen molar-refractivity contribution >= 4 is 10.0 Å². The molecular formula is C12H17NO4S. The molecule has 5 nitrogen and oxygen atoms in total. The van der Waals surface area contributed by atoms with Crippen LogP contribution in [-0.4, -0.2) is 48.2 Å². The summed E-state index contributed by atoms with van der Waals surface area (Å²) in [5.74, 6) is 0. The van der Waals surface area contributed by atoms with Gasteiger partial charge in [0.15, 0.2) is 0 Å². The smallest absolute Gasteiger partial charge is 0.243 e. The highest BCUT2D eigenvalue weighted by Crippen LogP contribution is 2.23. The monoisotopic (exact) mass is 271 g/mol. The molecule has 0 aromatic heterocycles. The molecule has 0 amide bonds. The van der Waals surface area contributed by atoms with Crippen LogP contribution in [0.4, 0.5) is 0 Å². The molecule has 0 aliphatic carbocycles. The minimum Gasteiger partial charge on any atom is -0.389 e. The second kappa shape index (κ2) is 4.62. The lowest BCUT2D eigenvalue weighted by Gasteiger charge is -2.16. The van der Waals surface area contributed by atoms with Gasteiger partial charge in [-0.2, -0.15) is 4.31 Å². The van der Waals surface area contributed by atoms with E-state index in [1.54, 1.807) is 12.1 Å². The van der Waals surface area contributed by atoms with Gasteiger partial charge in [-0.05, 0) is 37.1 Å². The van der Waals surface area contributed by atoms with Crippen LogP contribution in [0, 0.1) is 13.8 Å². The first-order valence-corrected chi connectivity index (χ1v) is 7.19. The SMILES string of the molecule is Cc1cc(C)cc(S(=O)(=O)N2CC(O)C(O)C2)c1. The van der Waals surface area contributed by atoms with Crippen LogP contribution < -0.4 is 0 Å². The molecule has 2 rings (SSSR count). The lowest BCUT2D eigenvalue weighted by atomic mass is 10.2. The van der Waals surface area contributed by atoms with Crippen molar-refractivity contribution in [3.05, 3.63) is 29.3 Å². The molecule has 100 valence electrons. The second-order valence-electron chi connectivity index (χ2n) is 4.78. The van der Waals surface area contributed by atoms with E-state index in [9.17, 15) is 18.6 Å². The van der Waals surface area contributed by atoms with Gasteiger partial charge in [-0.15, -0.1) is 0 Å². The van der Waals surface area contributed by atoms with E-state index in [1.165, 1.54) is 0 Å². The summed E-state index contributed by atoms with van der Waals surface area (Å²) in [5.41, 5.74) is 1.74. The Hall–Kier alpha value is -0.950. The van der Waals surface area contributed by atoms with Gasteiger partial charge < -0.3 is 10.2 Å². The van der Waals surface area contributed by atoms with Crippen LogP contribution in [0.25, 0.3) is 0 Å². The highest BCUT2D eigenvalue weighted by Gasteiger charge is 2.37. The zero-order valence-electron chi connectivity index (χ0n) is 10.4. The van der Waals surface area contributed by atoms with E-state index in [2.05, 4.69) is 0 Å². The van der Waals surface area contributed by atoms with Gasteiger partial charge in [0.1, 0.15) is 0 Å². The Labute approximate surface area is 107 Å². The maximum absolute atomic E-state index is 12.3. The van der Waals surface area contributed by atoms with Gasteiger partial charge in [0, 0.05) is 13.1 Å². The van der Waals surface area contributed by atoms with E-state index < -0.39 is 22.2 Å². The summed E-state index contributed by atoms with van der Waals surface area (Å²) >= 11 is 0. The topological polar surface area (TPSA) is 77.8 Å². The maximum atomic E-state index is 12.3. The highest BCUT2D eigenvalue weighted by molar-refractivity contribution is 7.89. The second-order valence-corrected chi connectivity index (χ2v) is 6.72. The van der Waals surface area contributed by atoms with Crippen LogP contribution in [0.15, 0.2) is 23.1 Å². The van der Waals surface area contributed by atoms with E-state index in [0.29, 0.717) is 0 Å². The van der Waals surface area contributed by atoms with Gasteiger partial charge in [0.25, 0.3) is 0 Å². The van der Waals surface area contributed by atoms with Crippen LogP contribution in [0.2, 0.25) is 0 Å². The van der Waals surface area contributed by atoms with Crippen LogP contribution >= 0.6 is 0 Å². The van der Waals surface area contributed by atoms with Gasteiger partial charge in [0.05, 0.1) is 17.1 Å². The molecule has 1 aliphatic rings. The van der Waals surface area contributed by atoms with Gasteiger partial charge in [0.2, 0.25) is 10.0 Å². The summed E-state index contributed by atoms with van der Waals surface area (Å²) in [6, 6.07) is 5.09. The Bertz CT molecular complexity index is 525. The number of β-amino-alcohol motifs (C(OH)–C–C–N with tert-alkyl or cyclic N) is 2. The molecule has 18 heavy (non-hydrogen) atoms. The Balaban J connectivity index is 2.37. The molecule has 6 heteroatoms. The summed E-state index contributed by atoms with van der Waals surface area (Å²) in [7, 11) is -3.64. The molecule has 1 aromatic rings. The Morgan fingerprint density at radius 3 is 1.94 bits per heavy atom. The number of aliphatic hydroxyl groups excluding tert-OH is 2. The van der Waals surface area contributed by atoms with Crippen molar-refractivity contribution in [1.82, 2.24) is 4.31 Å². The van der Waals surface area contributed by atoms with E-state index in [0.717, 1.165) is 15.4 Å². The van der Waals surface area contributed by atoms with Gasteiger partial charge in [-0.3, -0.25) is 0 Å². The molecule has 0 spiro atoms. The van der Waals surface area contributed by atoms with Crippen LogP contribution in [0.5, 0.6) is 0 Å². The minimum absolute atomic E-state index is 0.0590. The summed E-state index contributed by atoms with van der Waals surface area (Å²) in [6.07, 6.45) is -2.02. The quantitative estimate of drug-likeness (QED) is 0.795. The summed E-state index contributed by atoms with van der Waals surface area (Å²) < 4.78 is 25.8. The van der Waals surface area contributed by atoms with Crippen LogP contribution in [0.1, 0.15) is 11.1 Å². The average Bonchev–Trinajstić information content (AvgIpc) is 2.58. The average molecular weight is 271 g/mol. The van der Waals surface area contributed by atoms with E-state index >= 15 is 0 Å². The fourth-order valence-corrected chi connectivity index (χ4v) is 3.83. The molecule has 1 aliphatic heterocycles. The minimum atomic E-state index is -3.64. The fourth-order valence-electron chi connectivity index (χ4n) is 2.16. The number of hydrogen-bond acceptors (Lipinski definition) is 4. The molecule has 0 saturated carbocycles. The normalized spacial score (nSPS) is 25.6. The van der Waals surface area contributed by atoms with E-state index in [-0.39, 0.29) is 18.0 Å². The lowest BCUT2D eigenvalue weighted by molar-refractivity contribution is 0.0572. The summed E-state index contributed by atoms with van der Waals surface area (Å²) in [5, 5.41) is 18.9. The third kappa shape index (κ3) is 2.42. The van der Waals surface area contributed by atoms with Crippen molar-refractivity contribution in [2.75, 3.05) is 13.1 Å². The fraction of sp³-hybridized carbons (Fsp3) is 0.500. The first-order valence-electron chi connectivity index (χ1n) is 5.75. The van der Waals surface area contributed by atoms with E-state index in [1.807, 2.05) is 19.9 Å². The predicted octanol–water partition coefficient (Wildman–Crippen LogP) is 0.0295. The number of benzene rings is 1. The van der Waals surface area contributed by atoms with Gasteiger partial charge in [-0.25, -0.2) is 8.42 Å². The standard InChI is InChI=1S/C12H17NO4S/c1-8-3-9(2)5-10(4-8)18(16,17)13-6-11(14)12(15)7-13/h3-5,11-12,14-15H,6-7H2,1-2H3. The van der Waals surface area contributed by atoms with E-state index in [4.69, 9.17) is 0 Å². The molecule has 2 atom stereocenters. The molecule has 0 bridgehead atoms. The molecule has 2 N–H and O–H groups in total. The number of nitrogens with zero attached hydrogens (tertiary/aromatic N) is 1. The van der Waals surface area contributed by atoms with Crippen LogP contribution in [-0.2, 0) is 10.0 Å². The van der Waals surface area contributed by atoms with Crippen molar-refractivity contribution in [1.29, 1.82) is 0 Å². The van der Waals surface area contributed by atoms with Crippen molar-refractivity contribution in [2.45, 2.75) is 31.0 Å². The number of rotatable bonds is 2. The van der Waals surface area contributed by atoms with Gasteiger partial charge >= 0.3 is 0 Å². The first-order chi connectivity index (χ1) is 8.30. The lowest BCUT2D eigenvalue weighted by Crippen LogP contribution is -2.30. The van der Waals surface area contributed by atoms with Crippen molar-refractivity contribution in [3.63, 3.8) is 0 Å². The predicted molar refractivity (Wildman–Crippen MR) is 66.7 cm³/mol.